The second kappa shape index (κ2) is 7.57. The molecule has 25 heavy (non-hydrogen) atoms. The molecule has 3 aromatic rings. The van der Waals surface area contributed by atoms with Crippen LogP contribution in [0.3, 0.4) is 0 Å². The fourth-order valence-corrected chi connectivity index (χ4v) is 2.59. The Bertz CT molecular complexity index is 921. The lowest BCUT2D eigenvalue weighted by molar-refractivity contribution is -0.120. The largest absolute Gasteiger partial charge is 0.496 e. The number of methoxy groups -OCH3 is 1. The number of hydrogen-bond acceptors (Lipinski definition) is 3. The van der Waals surface area contributed by atoms with Crippen molar-refractivity contribution in [1.29, 1.82) is 0 Å². The standard InChI is InChI=1S/C20H17FN2O2/c1-25-19-11-8-15(17-4-2-3-5-18(17)19)13-22-23-20(24)12-14-6-9-16(21)10-7-14/h2-11,13H,12H2,1H3,(H,23,24)/b22-13+. The van der Waals surface area contributed by atoms with Gasteiger partial charge in [-0.15, -0.1) is 0 Å². The van der Waals surface area contributed by atoms with Crippen LogP contribution in [0.1, 0.15) is 11.1 Å². The van der Waals surface area contributed by atoms with Crippen molar-refractivity contribution >= 4 is 22.9 Å². The molecular weight excluding hydrogens is 319 g/mol. The fourth-order valence-electron chi connectivity index (χ4n) is 2.59. The summed E-state index contributed by atoms with van der Waals surface area (Å²) in [7, 11) is 1.63. The predicted octanol–water partition coefficient (Wildman–Crippen LogP) is 3.68. The molecule has 3 rings (SSSR count). The summed E-state index contributed by atoms with van der Waals surface area (Å²) in [5.74, 6) is 0.197. The van der Waals surface area contributed by atoms with Crippen LogP contribution in [0.25, 0.3) is 10.8 Å². The number of benzene rings is 3. The minimum absolute atomic E-state index is 0.140. The van der Waals surface area contributed by atoms with Gasteiger partial charge in [0.05, 0.1) is 19.7 Å². The van der Waals surface area contributed by atoms with Crippen LogP contribution < -0.4 is 10.2 Å². The third-order valence-corrected chi connectivity index (χ3v) is 3.81. The van der Waals surface area contributed by atoms with Crippen LogP contribution in [-0.4, -0.2) is 19.2 Å². The van der Waals surface area contributed by atoms with E-state index in [9.17, 15) is 9.18 Å². The zero-order valence-corrected chi connectivity index (χ0v) is 13.7. The lowest BCUT2D eigenvalue weighted by atomic mass is 10.0. The highest BCUT2D eigenvalue weighted by Gasteiger charge is 2.05. The van der Waals surface area contributed by atoms with Crippen LogP contribution in [0.15, 0.2) is 65.8 Å². The van der Waals surface area contributed by atoms with Gasteiger partial charge in [0, 0.05) is 10.9 Å². The number of nitrogens with zero attached hydrogens (tertiary/aromatic N) is 1. The first-order valence-corrected chi connectivity index (χ1v) is 7.79. The van der Waals surface area contributed by atoms with Crippen molar-refractivity contribution in [2.75, 3.05) is 7.11 Å². The molecule has 0 saturated heterocycles. The van der Waals surface area contributed by atoms with E-state index in [0.717, 1.165) is 27.6 Å². The minimum Gasteiger partial charge on any atom is -0.496 e. The number of fused-ring (bicyclic) bond motifs is 1. The summed E-state index contributed by atoms with van der Waals surface area (Å²) in [6, 6.07) is 17.4. The van der Waals surface area contributed by atoms with Crippen LogP contribution in [0.5, 0.6) is 5.75 Å². The third-order valence-electron chi connectivity index (χ3n) is 3.81. The molecule has 0 heterocycles. The highest BCUT2D eigenvalue weighted by Crippen LogP contribution is 2.27. The molecule has 0 unspecified atom stereocenters. The van der Waals surface area contributed by atoms with Gasteiger partial charge in [0.15, 0.2) is 0 Å². The average molecular weight is 336 g/mol. The van der Waals surface area contributed by atoms with Crippen molar-refractivity contribution < 1.29 is 13.9 Å². The van der Waals surface area contributed by atoms with Crippen LogP contribution in [-0.2, 0) is 11.2 Å². The molecule has 0 atom stereocenters. The van der Waals surface area contributed by atoms with Gasteiger partial charge in [-0.05, 0) is 35.2 Å². The Morgan fingerprint density at radius 3 is 2.52 bits per heavy atom. The number of nitrogens with one attached hydrogen (secondary N) is 1. The first kappa shape index (κ1) is 16.6. The van der Waals surface area contributed by atoms with Gasteiger partial charge in [0.2, 0.25) is 5.91 Å². The Labute approximate surface area is 144 Å². The van der Waals surface area contributed by atoms with Crippen molar-refractivity contribution in [1.82, 2.24) is 5.43 Å². The molecule has 3 aromatic carbocycles. The lowest BCUT2D eigenvalue weighted by Crippen LogP contribution is -2.19. The van der Waals surface area contributed by atoms with E-state index < -0.39 is 0 Å². The summed E-state index contributed by atoms with van der Waals surface area (Å²) in [5, 5.41) is 5.98. The van der Waals surface area contributed by atoms with Crippen molar-refractivity contribution in [3.8, 4) is 5.75 Å². The fraction of sp³-hybridized carbons (Fsp3) is 0.100. The Morgan fingerprint density at radius 1 is 1.08 bits per heavy atom. The summed E-state index contributed by atoms with van der Waals surface area (Å²) < 4.78 is 18.2. The SMILES string of the molecule is COc1ccc(/C=N/NC(=O)Cc2ccc(F)cc2)c2ccccc12. The Morgan fingerprint density at radius 2 is 1.80 bits per heavy atom. The molecule has 5 heteroatoms. The number of halogens is 1. The molecule has 0 radical (unpaired) electrons. The smallest absolute Gasteiger partial charge is 0.244 e. The quantitative estimate of drug-likeness (QED) is 0.571. The lowest BCUT2D eigenvalue weighted by Gasteiger charge is -2.07. The molecule has 1 N–H and O–H groups in total. The number of carbonyl (C=O) groups is 1. The van der Waals surface area contributed by atoms with Crippen molar-refractivity contribution in [3.05, 3.63) is 77.6 Å². The molecule has 126 valence electrons. The molecule has 0 aromatic heterocycles. The highest BCUT2D eigenvalue weighted by molar-refractivity contribution is 6.02. The summed E-state index contributed by atoms with van der Waals surface area (Å²) in [6.07, 6.45) is 1.74. The minimum atomic E-state index is -0.325. The van der Waals surface area contributed by atoms with Gasteiger partial charge in [0.25, 0.3) is 0 Å². The van der Waals surface area contributed by atoms with Crippen LogP contribution in [0.2, 0.25) is 0 Å². The summed E-state index contributed by atoms with van der Waals surface area (Å²) in [4.78, 5) is 11.9. The molecule has 0 saturated carbocycles. The van der Waals surface area contributed by atoms with E-state index in [-0.39, 0.29) is 18.1 Å². The number of hydrogen-bond donors (Lipinski definition) is 1. The van der Waals surface area contributed by atoms with Crippen molar-refractivity contribution in [2.24, 2.45) is 5.10 Å². The Hall–Kier alpha value is -3.21. The summed E-state index contributed by atoms with van der Waals surface area (Å²) in [6.45, 7) is 0. The number of ether oxygens (including phenoxy) is 1. The zero-order chi connectivity index (χ0) is 17.6. The molecule has 0 aliphatic heterocycles. The van der Waals surface area contributed by atoms with E-state index >= 15 is 0 Å². The number of amides is 1. The van der Waals surface area contributed by atoms with E-state index in [1.165, 1.54) is 12.1 Å². The maximum Gasteiger partial charge on any atom is 0.244 e. The van der Waals surface area contributed by atoms with Gasteiger partial charge in [-0.2, -0.15) is 5.10 Å². The van der Waals surface area contributed by atoms with E-state index in [4.69, 9.17) is 4.74 Å². The third kappa shape index (κ3) is 4.01. The molecule has 0 aliphatic rings. The summed E-state index contributed by atoms with van der Waals surface area (Å²) in [5.41, 5.74) is 4.09. The molecule has 0 bridgehead atoms. The van der Waals surface area contributed by atoms with Gasteiger partial charge in [-0.25, -0.2) is 9.82 Å². The first-order chi connectivity index (χ1) is 12.2. The second-order valence-corrected chi connectivity index (χ2v) is 5.50. The molecule has 0 aliphatic carbocycles. The average Bonchev–Trinajstić information content (AvgIpc) is 2.64. The Balaban J connectivity index is 1.71. The van der Waals surface area contributed by atoms with Gasteiger partial charge >= 0.3 is 0 Å². The van der Waals surface area contributed by atoms with E-state index in [0.29, 0.717) is 0 Å². The number of rotatable bonds is 5. The predicted molar refractivity (Wildman–Crippen MR) is 96.3 cm³/mol. The van der Waals surface area contributed by atoms with E-state index in [1.54, 1.807) is 25.5 Å². The molecule has 4 nitrogen and oxygen atoms in total. The van der Waals surface area contributed by atoms with Crippen molar-refractivity contribution in [2.45, 2.75) is 6.42 Å². The monoisotopic (exact) mass is 336 g/mol. The number of carbonyl (C=O) groups excluding carboxylic acids is 1. The van der Waals surface area contributed by atoms with Crippen LogP contribution in [0, 0.1) is 5.82 Å². The van der Waals surface area contributed by atoms with Gasteiger partial charge in [-0.3, -0.25) is 4.79 Å². The normalized spacial score (nSPS) is 11.0. The maximum atomic E-state index is 12.9. The molecular formula is C20H17FN2O2. The molecule has 0 fully saturated rings. The second-order valence-electron chi connectivity index (χ2n) is 5.50. The molecule has 0 spiro atoms. The topological polar surface area (TPSA) is 50.7 Å². The highest BCUT2D eigenvalue weighted by atomic mass is 19.1. The number of hydrazone groups is 1. The van der Waals surface area contributed by atoms with E-state index in [2.05, 4.69) is 10.5 Å². The Kier molecular flexibility index (Phi) is 5.04. The van der Waals surface area contributed by atoms with Gasteiger partial charge < -0.3 is 4.74 Å². The van der Waals surface area contributed by atoms with Gasteiger partial charge in [0.1, 0.15) is 11.6 Å². The van der Waals surface area contributed by atoms with Crippen molar-refractivity contribution in [3.63, 3.8) is 0 Å². The van der Waals surface area contributed by atoms with Gasteiger partial charge in [-0.1, -0.05) is 36.4 Å². The van der Waals surface area contributed by atoms with E-state index in [1.807, 2.05) is 36.4 Å². The summed E-state index contributed by atoms with van der Waals surface area (Å²) >= 11 is 0. The molecule has 1 amide bonds. The van der Waals surface area contributed by atoms with Crippen LogP contribution >= 0.6 is 0 Å². The maximum absolute atomic E-state index is 12.9. The zero-order valence-electron chi connectivity index (χ0n) is 13.7. The first-order valence-electron chi connectivity index (χ1n) is 7.79. The van der Waals surface area contributed by atoms with Crippen LogP contribution in [0.4, 0.5) is 4.39 Å².